The summed E-state index contributed by atoms with van der Waals surface area (Å²) < 4.78 is 0. The highest BCUT2D eigenvalue weighted by Gasteiger charge is 2.02. The number of hydrogen-bond donors (Lipinski definition) is 3. The molecule has 1 aromatic rings. The lowest BCUT2D eigenvalue weighted by molar-refractivity contribution is 0.452. The molecule has 0 aliphatic rings. The van der Waals surface area contributed by atoms with Gasteiger partial charge in [-0.15, -0.1) is 0 Å². The zero-order chi connectivity index (χ0) is 15.3. The van der Waals surface area contributed by atoms with Gasteiger partial charge in [0, 0.05) is 0 Å². The molecule has 120 valence electrons. The van der Waals surface area contributed by atoms with Gasteiger partial charge in [-0.2, -0.15) is 12.6 Å². The minimum absolute atomic E-state index is 0.237. The molecule has 1 aromatic carbocycles. The van der Waals surface area contributed by atoms with E-state index in [0.717, 1.165) is 24.2 Å². The van der Waals surface area contributed by atoms with Crippen molar-refractivity contribution >= 4 is 12.6 Å². The van der Waals surface area contributed by atoms with E-state index in [1.807, 2.05) is 0 Å². The highest BCUT2D eigenvalue weighted by molar-refractivity contribution is 7.80. The SMILES string of the molecule is Oc1ccc(O)c(CCCCCCCCCCCCS)c1. The van der Waals surface area contributed by atoms with Crippen LogP contribution in [0.3, 0.4) is 0 Å². The molecule has 0 aliphatic carbocycles. The fourth-order valence-electron chi connectivity index (χ4n) is 2.61. The third kappa shape index (κ3) is 8.92. The van der Waals surface area contributed by atoms with E-state index in [1.165, 1.54) is 63.9 Å². The van der Waals surface area contributed by atoms with Gasteiger partial charge < -0.3 is 10.2 Å². The number of rotatable bonds is 12. The molecule has 0 unspecified atom stereocenters. The lowest BCUT2D eigenvalue weighted by Crippen LogP contribution is -1.87. The summed E-state index contributed by atoms with van der Waals surface area (Å²) in [6, 6.07) is 4.76. The summed E-state index contributed by atoms with van der Waals surface area (Å²) >= 11 is 4.22. The number of phenolic OH excluding ortho intramolecular Hbond substituents is 2. The van der Waals surface area contributed by atoms with Crippen LogP contribution in [0.5, 0.6) is 11.5 Å². The Hall–Kier alpha value is -0.830. The first kappa shape index (κ1) is 18.2. The molecule has 0 heterocycles. The number of aryl methyl sites for hydroxylation is 1. The molecule has 0 saturated heterocycles. The van der Waals surface area contributed by atoms with E-state index in [0.29, 0.717) is 5.75 Å². The van der Waals surface area contributed by atoms with Gasteiger partial charge >= 0.3 is 0 Å². The third-order valence-electron chi connectivity index (χ3n) is 3.92. The number of aromatic hydroxyl groups is 2. The smallest absolute Gasteiger partial charge is 0.119 e. The van der Waals surface area contributed by atoms with Crippen LogP contribution >= 0.6 is 12.6 Å². The highest BCUT2D eigenvalue weighted by atomic mass is 32.1. The number of benzene rings is 1. The first-order valence-electron chi connectivity index (χ1n) is 8.36. The number of hydrogen-bond acceptors (Lipinski definition) is 3. The van der Waals surface area contributed by atoms with Crippen LogP contribution in [0.1, 0.15) is 69.8 Å². The summed E-state index contributed by atoms with van der Waals surface area (Å²) in [5.74, 6) is 1.56. The maximum absolute atomic E-state index is 9.68. The van der Waals surface area contributed by atoms with Gasteiger partial charge in [-0.25, -0.2) is 0 Å². The van der Waals surface area contributed by atoms with Crippen LogP contribution in [0.25, 0.3) is 0 Å². The number of unbranched alkanes of at least 4 members (excludes halogenated alkanes) is 9. The monoisotopic (exact) mass is 310 g/mol. The molecule has 1 rings (SSSR count). The summed E-state index contributed by atoms with van der Waals surface area (Å²) in [6.45, 7) is 0. The molecular weight excluding hydrogens is 280 g/mol. The molecule has 0 amide bonds. The molecule has 0 bridgehead atoms. The van der Waals surface area contributed by atoms with Crippen LogP contribution in [0, 0.1) is 0 Å². The van der Waals surface area contributed by atoms with E-state index in [2.05, 4.69) is 12.6 Å². The number of thiol groups is 1. The van der Waals surface area contributed by atoms with Gasteiger partial charge in [-0.3, -0.25) is 0 Å². The average molecular weight is 311 g/mol. The fraction of sp³-hybridized carbons (Fsp3) is 0.667. The molecule has 21 heavy (non-hydrogen) atoms. The Morgan fingerprint density at radius 1 is 0.714 bits per heavy atom. The molecule has 0 fully saturated rings. The lowest BCUT2D eigenvalue weighted by atomic mass is 10.0. The van der Waals surface area contributed by atoms with Crippen LogP contribution < -0.4 is 0 Å². The molecule has 3 heteroatoms. The second-order valence-electron chi connectivity index (χ2n) is 5.82. The van der Waals surface area contributed by atoms with Crippen molar-refractivity contribution in [1.29, 1.82) is 0 Å². The topological polar surface area (TPSA) is 40.5 Å². The summed E-state index contributed by atoms with van der Waals surface area (Å²) in [6.07, 6.45) is 13.7. The summed E-state index contributed by atoms with van der Waals surface area (Å²) in [7, 11) is 0. The van der Waals surface area contributed by atoms with Crippen molar-refractivity contribution in [2.75, 3.05) is 5.75 Å². The zero-order valence-electron chi connectivity index (χ0n) is 13.1. The lowest BCUT2D eigenvalue weighted by Gasteiger charge is -2.05. The second kappa shape index (κ2) is 11.8. The first-order valence-corrected chi connectivity index (χ1v) is 8.99. The van der Waals surface area contributed by atoms with Gasteiger partial charge in [0.15, 0.2) is 0 Å². The van der Waals surface area contributed by atoms with Crippen LogP contribution in [-0.2, 0) is 6.42 Å². The van der Waals surface area contributed by atoms with E-state index in [1.54, 1.807) is 12.1 Å². The Labute approximate surface area is 135 Å². The molecule has 0 atom stereocenters. The Morgan fingerprint density at radius 3 is 1.81 bits per heavy atom. The van der Waals surface area contributed by atoms with Crippen molar-refractivity contribution in [2.24, 2.45) is 0 Å². The van der Waals surface area contributed by atoms with Crippen molar-refractivity contribution in [3.8, 4) is 11.5 Å². The van der Waals surface area contributed by atoms with Crippen LogP contribution in [-0.4, -0.2) is 16.0 Å². The van der Waals surface area contributed by atoms with Gasteiger partial charge in [-0.05, 0) is 48.8 Å². The Morgan fingerprint density at radius 2 is 1.24 bits per heavy atom. The van der Waals surface area contributed by atoms with Crippen molar-refractivity contribution in [1.82, 2.24) is 0 Å². The molecular formula is C18H30O2S. The minimum atomic E-state index is 0.237. The average Bonchev–Trinajstić information content (AvgIpc) is 2.48. The summed E-state index contributed by atoms with van der Waals surface area (Å²) in [5, 5.41) is 19.1. The predicted molar refractivity (Wildman–Crippen MR) is 93.5 cm³/mol. The standard InChI is InChI=1S/C18H30O2S/c19-17-12-13-18(20)16(15-17)11-9-7-5-3-1-2-4-6-8-10-14-21/h12-13,15,19-21H,1-11,14H2. The highest BCUT2D eigenvalue weighted by Crippen LogP contribution is 2.24. The second-order valence-corrected chi connectivity index (χ2v) is 6.27. The number of phenols is 2. The Bertz CT molecular complexity index is 379. The van der Waals surface area contributed by atoms with Gasteiger partial charge in [0.1, 0.15) is 11.5 Å². The Kier molecular flexibility index (Phi) is 10.2. The summed E-state index contributed by atoms with van der Waals surface area (Å²) in [5.41, 5.74) is 0.860. The Balaban J connectivity index is 1.94. The molecule has 0 spiro atoms. The van der Waals surface area contributed by atoms with Gasteiger partial charge in [0.2, 0.25) is 0 Å². The maximum atomic E-state index is 9.68. The normalized spacial score (nSPS) is 10.9. The van der Waals surface area contributed by atoms with Gasteiger partial charge in [0.05, 0.1) is 0 Å². The van der Waals surface area contributed by atoms with E-state index in [4.69, 9.17) is 0 Å². The van der Waals surface area contributed by atoms with Crippen LogP contribution in [0.15, 0.2) is 18.2 Å². The molecule has 2 N–H and O–H groups in total. The maximum Gasteiger partial charge on any atom is 0.119 e. The van der Waals surface area contributed by atoms with E-state index < -0.39 is 0 Å². The van der Waals surface area contributed by atoms with Crippen molar-refractivity contribution in [2.45, 2.75) is 70.6 Å². The quantitative estimate of drug-likeness (QED) is 0.272. The minimum Gasteiger partial charge on any atom is -0.508 e. The summed E-state index contributed by atoms with van der Waals surface area (Å²) in [4.78, 5) is 0. The first-order chi connectivity index (χ1) is 10.2. The van der Waals surface area contributed by atoms with Crippen LogP contribution in [0.2, 0.25) is 0 Å². The zero-order valence-corrected chi connectivity index (χ0v) is 14.0. The van der Waals surface area contributed by atoms with Gasteiger partial charge in [0.25, 0.3) is 0 Å². The molecule has 0 radical (unpaired) electrons. The van der Waals surface area contributed by atoms with E-state index in [9.17, 15) is 10.2 Å². The largest absolute Gasteiger partial charge is 0.508 e. The molecule has 0 aliphatic heterocycles. The fourth-order valence-corrected chi connectivity index (χ4v) is 2.84. The third-order valence-corrected chi connectivity index (χ3v) is 4.23. The van der Waals surface area contributed by atoms with Crippen LogP contribution in [0.4, 0.5) is 0 Å². The van der Waals surface area contributed by atoms with E-state index in [-0.39, 0.29) is 5.75 Å². The molecule has 2 nitrogen and oxygen atoms in total. The van der Waals surface area contributed by atoms with E-state index >= 15 is 0 Å². The van der Waals surface area contributed by atoms with Crippen molar-refractivity contribution in [3.63, 3.8) is 0 Å². The van der Waals surface area contributed by atoms with Gasteiger partial charge in [-0.1, -0.05) is 51.4 Å². The predicted octanol–water partition coefficient (Wildman–Crippen LogP) is 5.47. The van der Waals surface area contributed by atoms with Crippen molar-refractivity contribution in [3.05, 3.63) is 23.8 Å². The molecule has 0 saturated carbocycles. The van der Waals surface area contributed by atoms with Crippen molar-refractivity contribution < 1.29 is 10.2 Å². The molecule has 0 aromatic heterocycles.